The summed E-state index contributed by atoms with van der Waals surface area (Å²) in [7, 11) is 0. The first kappa shape index (κ1) is 15.2. The van der Waals surface area contributed by atoms with E-state index in [4.69, 9.17) is 9.72 Å². The van der Waals surface area contributed by atoms with Gasteiger partial charge >= 0.3 is 0 Å². The summed E-state index contributed by atoms with van der Waals surface area (Å²) in [6, 6.07) is 31.0. The van der Waals surface area contributed by atoms with Crippen molar-refractivity contribution in [3.63, 3.8) is 0 Å². The van der Waals surface area contributed by atoms with Crippen LogP contribution in [0.2, 0.25) is 0 Å². The first-order chi connectivity index (χ1) is 12.4. The second kappa shape index (κ2) is 7.05. The number of aromatic amines is 1. The lowest BCUT2D eigenvalue weighted by Crippen LogP contribution is -1.96. The van der Waals surface area contributed by atoms with Crippen LogP contribution in [0.5, 0.6) is 6.01 Å². The largest absolute Gasteiger partial charge is 0.460 e. The van der Waals surface area contributed by atoms with Crippen LogP contribution >= 0.6 is 0 Å². The van der Waals surface area contributed by atoms with Crippen LogP contribution in [-0.2, 0) is 6.61 Å². The molecule has 3 nitrogen and oxygen atoms in total. The molecular weight excluding hydrogens is 308 g/mol. The molecule has 1 heterocycles. The van der Waals surface area contributed by atoms with E-state index < -0.39 is 0 Å². The summed E-state index contributed by atoms with van der Waals surface area (Å²) < 4.78 is 5.89. The molecule has 1 aromatic heterocycles. The maximum absolute atomic E-state index is 5.89. The molecule has 4 aromatic rings. The van der Waals surface area contributed by atoms with Gasteiger partial charge in [0.25, 0.3) is 6.01 Å². The molecule has 3 aromatic carbocycles. The van der Waals surface area contributed by atoms with E-state index in [1.165, 1.54) is 0 Å². The van der Waals surface area contributed by atoms with Crippen LogP contribution in [0.4, 0.5) is 0 Å². The number of imidazole rings is 1. The Bertz CT molecular complexity index is 875. The maximum atomic E-state index is 5.89. The molecule has 122 valence electrons. The minimum Gasteiger partial charge on any atom is -0.460 e. The molecule has 0 aliphatic carbocycles. The third-order valence-electron chi connectivity index (χ3n) is 4.01. The molecule has 0 fully saturated rings. The SMILES string of the molecule is c1ccc(COc2nc(-c3ccccc3)c(-c3ccccc3)[nH]2)cc1. The number of nitrogens with zero attached hydrogens (tertiary/aromatic N) is 1. The summed E-state index contributed by atoms with van der Waals surface area (Å²) in [4.78, 5) is 8.03. The molecule has 1 N–H and O–H groups in total. The second-order valence-corrected chi connectivity index (χ2v) is 5.77. The van der Waals surface area contributed by atoms with Gasteiger partial charge in [-0.2, -0.15) is 4.98 Å². The van der Waals surface area contributed by atoms with Gasteiger partial charge < -0.3 is 9.72 Å². The zero-order valence-electron chi connectivity index (χ0n) is 13.7. The van der Waals surface area contributed by atoms with E-state index in [0.29, 0.717) is 12.6 Å². The lowest BCUT2D eigenvalue weighted by molar-refractivity contribution is 0.284. The van der Waals surface area contributed by atoms with Crippen LogP contribution in [0.3, 0.4) is 0 Å². The Hall–Kier alpha value is -3.33. The van der Waals surface area contributed by atoms with Crippen LogP contribution in [0, 0.1) is 0 Å². The fourth-order valence-electron chi connectivity index (χ4n) is 2.76. The van der Waals surface area contributed by atoms with E-state index in [-0.39, 0.29) is 0 Å². The zero-order chi connectivity index (χ0) is 16.9. The van der Waals surface area contributed by atoms with E-state index in [1.54, 1.807) is 0 Å². The van der Waals surface area contributed by atoms with Crippen molar-refractivity contribution in [2.45, 2.75) is 6.61 Å². The highest BCUT2D eigenvalue weighted by atomic mass is 16.5. The van der Waals surface area contributed by atoms with E-state index >= 15 is 0 Å². The van der Waals surface area contributed by atoms with Gasteiger partial charge in [0.05, 0.1) is 5.69 Å². The summed E-state index contributed by atoms with van der Waals surface area (Å²) >= 11 is 0. The van der Waals surface area contributed by atoms with Crippen LogP contribution < -0.4 is 4.74 Å². The smallest absolute Gasteiger partial charge is 0.294 e. The Morgan fingerprint density at radius 3 is 1.88 bits per heavy atom. The average Bonchev–Trinajstić information content (AvgIpc) is 3.13. The highest BCUT2D eigenvalue weighted by Crippen LogP contribution is 2.32. The van der Waals surface area contributed by atoms with Crippen molar-refractivity contribution in [2.24, 2.45) is 0 Å². The Labute approximate surface area is 147 Å². The van der Waals surface area contributed by atoms with Gasteiger partial charge in [-0.25, -0.2) is 0 Å². The fourth-order valence-corrected chi connectivity index (χ4v) is 2.76. The summed E-state index contributed by atoms with van der Waals surface area (Å²) in [5.74, 6) is 0. The monoisotopic (exact) mass is 326 g/mol. The number of aromatic nitrogens is 2. The number of hydrogen-bond acceptors (Lipinski definition) is 2. The Morgan fingerprint density at radius 1 is 0.680 bits per heavy atom. The van der Waals surface area contributed by atoms with Crippen molar-refractivity contribution >= 4 is 0 Å². The number of ether oxygens (including phenoxy) is 1. The van der Waals surface area contributed by atoms with Gasteiger partial charge in [-0.15, -0.1) is 0 Å². The van der Waals surface area contributed by atoms with Crippen LogP contribution in [-0.4, -0.2) is 9.97 Å². The van der Waals surface area contributed by atoms with Crippen LogP contribution in [0.15, 0.2) is 91.0 Å². The number of rotatable bonds is 5. The van der Waals surface area contributed by atoms with Crippen molar-refractivity contribution in [2.75, 3.05) is 0 Å². The molecule has 0 aliphatic heterocycles. The predicted molar refractivity (Wildman–Crippen MR) is 100 cm³/mol. The quantitative estimate of drug-likeness (QED) is 0.539. The first-order valence-corrected chi connectivity index (χ1v) is 8.28. The molecule has 0 unspecified atom stereocenters. The molecule has 4 rings (SSSR count). The number of nitrogens with one attached hydrogen (secondary N) is 1. The third kappa shape index (κ3) is 3.45. The summed E-state index contributed by atoms with van der Waals surface area (Å²) in [5, 5.41) is 0. The summed E-state index contributed by atoms with van der Waals surface area (Å²) in [6.07, 6.45) is 0. The van der Waals surface area contributed by atoms with E-state index in [2.05, 4.69) is 29.2 Å². The molecule has 3 heteroatoms. The van der Waals surface area contributed by atoms with Gasteiger partial charge in [0.15, 0.2) is 0 Å². The van der Waals surface area contributed by atoms with E-state index in [9.17, 15) is 0 Å². The number of H-pyrrole nitrogens is 1. The highest BCUT2D eigenvalue weighted by molar-refractivity contribution is 5.78. The summed E-state index contributed by atoms with van der Waals surface area (Å²) in [5.41, 5.74) is 5.13. The van der Waals surface area contributed by atoms with E-state index in [1.807, 2.05) is 66.7 Å². The fraction of sp³-hybridized carbons (Fsp3) is 0.0455. The van der Waals surface area contributed by atoms with Crippen molar-refractivity contribution < 1.29 is 4.74 Å². The minimum atomic E-state index is 0.483. The van der Waals surface area contributed by atoms with Gasteiger partial charge in [0.1, 0.15) is 12.3 Å². The van der Waals surface area contributed by atoms with Gasteiger partial charge in [-0.1, -0.05) is 91.0 Å². The van der Waals surface area contributed by atoms with Crippen LogP contribution in [0.25, 0.3) is 22.5 Å². The molecule has 0 saturated carbocycles. The van der Waals surface area contributed by atoms with Gasteiger partial charge in [0, 0.05) is 11.1 Å². The molecule has 25 heavy (non-hydrogen) atoms. The molecule has 0 spiro atoms. The van der Waals surface area contributed by atoms with Crippen molar-refractivity contribution in [1.82, 2.24) is 9.97 Å². The second-order valence-electron chi connectivity index (χ2n) is 5.77. The molecule has 0 radical (unpaired) electrons. The molecule has 0 aliphatic rings. The first-order valence-electron chi connectivity index (χ1n) is 8.28. The molecule has 0 saturated heterocycles. The van der Waals surface area contributed by atoms with Gasteiger partial charge in [-0.3, -0.25) is 0 Å². The lowest BCUT2D eigenvalue weighted by atomic mass is 10.1. The normalized spacial score (nSPS) is 10.6. The number of hydrogen-bond donors (Lipinski definition) is 1. The topological polar surface area (TPSA) is 37.9 Å². The minimum absolute atomic E-state index is 0.483. The summed E-state index contributed by atoms with van der Waals surface area (Å²) in [6.45, 7) is 0.483. The molecule has 0 amide bonds. The Morgan fingerprint density at radius 2 is 1.24 bits per heavy atom. The molecular formula is C22H18N2O. The lowest BCUT2D eigenvalue weighted by Gasteiger charge is -2.02. The van der Waals surface area contributed by atoms with Gasteiger partial charge in [-0.05, 0) is 5.56 Å². The molecule has 0 atom stereocenters. The molecule has 0 bridgehead atoms. The van der Waals surface area contributed by atoms with Crippen LogP contribution in [0.1, 0.15) is 5.56 Å². The Balaban J connectivity index is 1.68. The van der Waals surface area contributed by atoms with Crippen molar-refractivity contribution in [3.8, 4) is 28.5 Å². The average molecular weight is 326 g/mol. The zero-order valence-corrected chi connectivity index (χ0v) is 13.7. The third-order valence-corrected chi connectivity index (χ3v) is 4.01. The van der Waals surface area contributed by atoms with E-state index in [0.717, 1.165) is 28.1 Å². The van der Waals surface area contributed by atoms with Gasteiger partial charge in [0.2, 0.25) is 0 Å². The number of benzene rings is 3. The Kier molecular flexibility index (Phi) is 4.29. The van der Waals surface area contributed by atoms with Crippen molar-refractivity contribution in [3.05, 3.63) is 96.6 Å². The standard InChI is InChI=1S/C22H18N2O/c1-4-10-17(11-5-1)16-25-22-23-20(18-12-6-2-7-13-18)21(24-22)19-14-8-3-9-15-19/h1-15H,16H2,(H,23,24). The highest BCUT2D eigenvalue weighted by Gasteiger charge is 2.14. The predicted octanol–water partition coefficient (Wildman–Crippen LogP) is 5.32. The maximum Gasteiger partial charge on any atom is 0.294 e. The van der Waals surface area contributed by atoms with Crippen molar-refractivity contribution in [1.29, 1.82) is 0 Å².